The molecule has 2 aromatic rings. The van der Waals surface area contributed by atoms with Gasteiger partial charge in [0, 0.05) is 6.07 Å². The predicted molar refractivity (Wildman–Crippen MR) is 81.5 cm³/mol. The molecule has 136 valence electrons. The Kier molecular flexibility index (Phi) is 3.68. The van der Waals surface area contributed by atoms with Gasteiger partial charge >= 0.3 is 5.51 Å². The van der Waals surface area contributed by atoms with Crippen LogP contribution in [0.25, 0.3) is 5.69 Å². The third-order valence-corrected chi connectivity index (χ3v) is 5.17. The summed E-state index contributed by atoms with van der Waals surface area (Å²) in [5, 5.41) is 1.96. The number of alkyl halides is 3. The number of nitrogen functional groups attached to an aromatic ring is 1. The third kappa shape index (κ3) is 2.45. The summed E-state index contributed by atoms with van der Waals surface area (Å²) in [7, 11) is -5.55. The maximum Gasteiger partial charge on any atom is 0.501 e. The number of carbonyl (C=O) groups excluding carboxylic acids is 2. The van der Waals surface area contributed by atoms with Crippen LogP contribution in [0, 0.1) is 0 Å². The number of hydrogen-bond acceptors (Lipinski definition) is 6. The van der Waals surface area contributed by atoms with E-state index in [4.69, 9.17) is 5.73 Å². The van der Waals surface area contributed by atoms with Crippen molar-refractivity contribution in [2.75, 3.05) is 5.73 Å². The molecule has 1 aliphatic heterocycles. The molecule has 8 nitrogen and oxygen atoms in total. The van der Waals surface area contributed by atoms with E-state index >= 15 is 0 Å². The molecule has 3 rings (SSSR count). The number of fused-ring (bicyclic) bond motifs is 1. The second-order valence-electron chi connectivity index (χ2n) is 5.22. The number of nitrogens with two attached hydrogens (primary N) is 1. The average Bonchev–Trinajstić information content (AvgIpc) is 2.81. The summed E-state index contributed by atoms with van der Waals surface area (Å²) in [4.78, 5) is 34.5. The van der Waals surface area contributed by atoms with Crippen molar-refractivity contribution in [3.8, 4) is 5.69 Å². The lowest BCUT2D eigenvalue weighted by atomic mass is 10.1. The highest BCUT2D eigenvalue weighted by atomic mass is 32.2. The minimum Gasteiger partial charge on any atom is -0.384 e. The molecule has 0 atom stereocenters. The topological polar surface area (TPSA) is 128 Å². The molecule has 0 spiro atoms. The smallest absolute Gasteiger partial charge is 0.384 e. The van der Waals surface area contributed by atoms with Crippen molar-refractivity contribution in [1.82, 2.24) is 9.88 Å². The molecular formula is C14H8F3N3O5S. The van der Waals surface area contributed by atoms with Gasteiger partial charge in [0.15, 0.2) is 0 Å². The van der Waals surface area contributed by atoms with Gasteiger partial charge in [-0.15, -0.1) is 0 Å². The number of anilines is 1. The number of amides is 2. The molecule has 1 aromatic carbocycles. The van der Waals surface area contributed by atoms with Crippen LogP contribution in [0.15, 0.2) is 40.0 Å². The van der Waals surface area contributed by atoms with E-state index in [1.54, 1.807) is 0 Å². The lowest BCUT2D eigenvalue weighted by Crippen LogP contribution is -2.25. The molecular weight excluding hydrogens is 379 g/mol. The van der Waals surface area contributed by atoms with Gasteiger partial charge in [0.25, 0.3) is 27.2 Å². The molecule has 26 heavy (non-hydrogen) atoms. The molecule has 0 aliphatic carbocycles. The zero-order valence-electron chi connectivity index (χ0n) is 12.5. The monoisotopic (exact) mass is 387 g/mol. The Balaban J connectivity index is 2.16. The van der Waals surface area contributed by atoms with Gasteiger partial charge in [-0.1, -0.05) is 0 Å². The van der Waals surface area contributed by atoms with E-state index in [1.807, 2.05) is 5.32 Å². The molecule has 0 radical (unpaired) electrons. The summed E-state index contributed by atoms with van der Waals surface area (Å²) in [6.07, 6.45) is 0. The molecule has 3 N–H and O–H groups in total. The zero-order chi connectivity index (χ0) is 19.4. The fourth-order valence-corrected chi connectivity index (χ4v) is 3.22. The summed E-state index contributed by atoms with van der Waals surface area (Å²) < 4.78 is 61.2. The summed E-state index contributed by atoms with van der Waals surface area (Å²) in [5.41, 5.74) is -1.08. The maximum atomic E-state index is 12.6. The fourth-order valence-electron chi connectivity index (χ4n) is 2.45. The van der Waals surface area contributed by atoms with E-state index in [2.05, 4.69) is 0 Å². The minimum absolute atomic E-state index is 0.0800. The van der Waals surface area contributed by atoms with Crippen LogP contribution < -0.4 is 16.6 Å². The molecule has 2 amide bonds. The molecule has 0 fully saturated rings. The standard InChI is InChI=1S/C14H8F3N3O5S/c15-14(16,17)26(24,25)7-3-1-6(2-4-7)20-9(21)5-8-10(11(20)18)13(23)19-12(8)22/h1-5H,18H2,(H,19,22,23). The summed E-state index contributed by atoms with van der Waals surface area (Å²) >= 11 is 0. The van der Waals surface area contributed by atoms with E-state index in [1.165, 1.54) is 0 Å². The predicted octanol–water partition coefficient (Wildman–Crippen LogP) is 0.597. The Hall–Kier alpha value is -3.15. The average molecular weight is 387 g/mol. The van der Waals surface area contributed by atoms with E-state index < -0.39 is 43.4 Å². The van der Waals surface area contributed by atoms with Crippen LogP contribution >= 0.6 is 0 Å². The zero-order valence-corrected chi connectivity index (χ0v) is 13.3. The molecule has 0 unspecified atom stereocenters. The first kappa shape index (κ1) is 17.7. The number of carbonyl (C=O) groups is 2. The number of nitrogens with one attached hydrogen (secondary N) is 1. The number of pyridine rings is 1. The van der Waals surface area contributed by atoms with Crippen LogP contribution in [0.4, 0.5) is 19.0 Å². The lowest BCUT2D eigenvalue weighted by molar-refractivity contribution is -0.0436. The van der Waals surface area contributed by atoms with Gasteiger partial charge in [-0.25, -0.2) is 8.42 Å². The van der Waals surface area contributed by atoms with Crippen LogP contribution in [-0.4, -0.2) is 30.3 Å². The number of halogens is 3. The highest BCUT2D eigenvalue weighted by Gasteiger charge is 2.46. The Morgan fingerprint density at radius 2 is 1.58 bits per heavy atom. The second-order valence-corrected chi connectivity index (χ2v) is 7.16. The van der Waals surface area contributed by atoms with Crippen LogP contribution in [-0.2, 0) is 9.84 Å². The maximum absolute atomic E-state index is 12.6. The number of rotatable bonds is 2. The number of benzene rings is 1. The Morgan fingerprint density at radius 3 is 2.12 bits per heavy atom. The largest absolute Gasteiger partial charge is 0.501 e. The van der Waals surface area contributed by atoms with E-state index in [9.17, 15) is 36.0 Å². The van der Waals surface area contributed by atoms with Gasteiger partial charge in [-0.2, -0.15) is 13.2 Å². The normalized spacial score (nSPS) is 14.3. The van der Waals surface area contributed by atoms with Crippen molar-refractivity contribution in [3.63, 3.8) is 0 Å². The number of aromatic nitrogens is 1. The number of nitrogens with zero attached hydrogens (tertiary/aromatic N) is 1. The first-order valence-electron chi connectivity index (χ1n) is 6.78. The highest BCUT2D eigenvalue weighted by molar-refractivity contribution is 7.92. The molecule has 0 saturated carbocycles. The second kappa shape index (κ2) is 5.42. The Morgan fingerprint density at radius 1 is 1.00 bits per heavy atom. The van der Waals surface area contributed by atoms with Crippen LogP contribution in [0.3, 0.4) is 0 Å². The lowest BCUT2D eigenvalue weighted by Gasteiger charge is -2.13. The SMILES string of the molecule is Nc1c2c(cc(=O)n1-c1ccc(S(=O)(=O)C(F)(F)F)cc1)C(=O)NC2=O. The molecule has 0 bridgehead atoms. The van der Waals surface area contributed by atoms with Crippen molar-refractivity contribution in [1.29, 1.82) is 0 Å². The van der Waals surface area contributed by atoms with Crippen molar-refractivity contribution in [2.45, 2.75) is 10.4 Å². The molecule has 2 heterocycles. The van der Waals surface area contributed by atoms with Gasteiger partial charge in [0.05, 0.1) is 21.7 Å². The fraction of sp³-hybridized carbons (Fsp3) is 0.0714. The third-order valence-electron chi connectivity index (χ3n) is 3.66. The van der Waals surface area contributed by atoms with Gasteiger partial charge in [0.2, 0.25) is 0 Å². The minimum atomic E-state index is -5.55. The van der Waals surface area contributed by atoms with Gasteiger partial charge < -0.3 is 5.73 Å². The Labute approximate surface area is 143 Å². The number of hydrogen-bond donors (Lipinski definition) is 2. The first-order chi connectivity index (χ1) is 11.9. The molecule has 1 aliphatic rings. The van der Waals surface area contributed by atoms with Crippen LogP contribution in [0.2, 0.25) is 0 Å². The first-order valence-corrected chi connectivity index (χ1v) is 8.26. The van der Waals surface area contributed by atoms with Gasteiger partial charge in [0.1, 0.15) is 5.82 Å². The van der Waals surface area contributed by atoms with Crippen molar-refractivity contribution < 1.29 is 31.2 Å². The molecule has 0 saturated heterocycles. The van der Waals surface area contributed by atoms with Crippen molar-refractivity contribution in [3.05, 3.63) is 51.8 Å². The highest BCUT2D eigenvalue weighted by Crippen LogP contribution is 2.31. The van der Waals surface area contributed by atoms with Crippen molar-refractivity contribution >= 4 is 27.5 Å². The Bertz CT molecular complexity index is 1120. The van der Waals surface area contributed by atoms with Gasteiger partial charge in [-0.3, -0.25) is 24.3 Å². The van der Waals surface area contributed by atoms with Crippen molar-refractivity contribution in [2.24, 2.45) is 0 Å². The number of imide groups is 1. The van der Waals surface area contributed by atoms with Crippen LogP contribution in [0.1, 0.15) is 20.7 Å². The molecule has 12 heteroatoms. The van der Waals surface area contributed by atoms with E-state index in [-0.39, 0.29) is 16.8 Å². The van der Waals surface area contributed by atoms with Gasteiger partial charge in [-0.05, 0) is 24.3 Å². The quantitative estimate of drug-likeness (QED) is 0.726. The summed E-state index contributed by atoms with van der Waals surface area (Å²) in [5.74, 6) is -2.03. The number of sulfone groups is 1. The van der Waals surface area contributed by atoms with E-state index in [0.29, 0.717) is 12.1 Å². The van der Waals surface area contributed by atoms with E-state index in [0.717, 1.165) is 22.8 Å². The molecule has 1 aromatic heterocycles. The summed E-state index contributed by atoms with van der Waals surface area (Å²) in [6, 6.07) is 4.02. The summed E-state index contributed by atoms with van der Waals surface area (Å²) in [6.45, 7) is 0. The van der Waals surface area contributed by atoms with Crippen LogP contribution in [0.5, 0.6) is 0 Å².